The third-order valence-electron chi connectivity index (χ3n) is 1.95. The highest BCUT2D eigenvalue weighted by molar-refractivity contribution is 6.08. The van der Waals surface area contributed by atoms with E-state index in [1.807, 2.05) is 0 Å². The van der Waals surface area contributed by atoms with Crippen LogP contribution in [0.3, 0.4) is 0 Å². The number of carbonyl (C=O) groups is 2. The summed E-state index contributed by atoms with van der Waals surface area (Å²) in [5.74, 6) is -2.43. The molecular formula is C9H10N2O4. The van der Waals surface area contributed by atoms with Crippen LogP contribution in [0.4, 0.5) is 11.4 Å². The van der Waals surface area contributed by atoms with Gasteiger partial charge in [0.15, 0.2) is 11.5 Å². The predicted molar refractivity (Wildman–Crippen MR) is 53.9 cm³/mol. The highest BCUT2D eigenvalue weighted by Crippen LogP contribution is 2.33. The van der Waals surface area contributed by atoms with E-state index in [9.17, 15) is 14.7 Å². The second-order valence-electron chi connectivity index (χ2n) is 3.01. The van der Waals surface area contributed by atoms with Crippen molar-refractivity contribution in [2.45, 2.75) is 6.92 Å². The zero-order valence-electron chi connectivity index (χ0n) is 7.94. The van der Waals surface area contributed by atoms with Gasteiger partial charge in [-0.3, -0.25) is 4.79 Å². The van der Waals surface area contributed by atoms with Gasteiger partial charge in [-0.05, 0) is 13.0 Å². The number of nitrogen functional groups attached to an aromatic ring is 2. The summed E-state index contributed by atoms with van der Waals surface area (Å²) in [6.07, 6.45) is 0. The average Bonchev–Trinajstić information content (AvgIpc) is 2.10. The first kappa shape index (κ1) is 10.8. The Balaban J connectivity index is 3.58. The van der Waals surface area contributed by atoms with E-state index in [4.69, 9.17) is 16.6 Å². The number of anilines is 2. The van der Waals surface area contributed by atoms with Crippen molar-refractivity contribution in [1.29, 1.82) is 0 Å². The Morgan fingerprint density at radius 3 is 2.27 bits per heavy atom. The number of carboxylic acid groups (broad SMARTS) is 1. The molecule has 6 N–H and O–H groups in total. The van der Waals surface area contributed by atoms with E-state index < -0.39 is 23.1 Å². The van der Waals surface area contributed by atoms with Crippen molar-refractivity contribution in [2.75, 3.05) is 11.5 Å². The normalized spacial score (nSPS) is 9.93. The van der Waals surface area contributed by atoms with Gasteiger partial charge in [0.1, 0.15) is 5.56 Å². The molecule has 0 fully saturated rings. The molecule has 0 bridgehead atoms. The predicted octanol–water partition coefficient (Wildman–Crippen LogP) is 0.457. The van der Waals surface area contributed by atoms with E-state index >= 15 is 0 Å². The van der Waals surface area contributed by atoms with E-state index in [0.29, 0.717) is 0 Å². The van der Waals surface area contributed by atoms with Gasteiger partial charge in [0.05, 0.1) is 11.3 Å². The molecule has 0 saturated carbocycles. The Morgan fingerprint density at radius 2 is 1.87 bits per heavy atom. The zero-order valence-corrected chi connectivity index (χ0v) is 7.94. The molecule has 0 aliphatic carbocycles. The lowest BCUT2D eigenvalue weighted by Gasteiger charge is -2.10. The molecule has 0 spiro atoms. The zero-order chi connectivity index (χ0) is 11.7. The number of rotatable bonds is 2. The molecule has 0 saturated heterocycles. The fourth-order valence-corrected chi connectivity index (χ4v) is 1.27. The van der Waals surface area contributed by atoms with Crippen molar-refractivity contribution in [2.24, 2.45) is 0 Å². The lowest BCUT2D eigenvalue weighted by molar-refractivity contribution is 0.0693. The highest BCUT2D eigenvalue weighted by atomic mass is 16.4. The van der Waals surface area contributed by atoms with Gasteiger partial charge in [-0.25, -0.2) is 4.79 Å². The summed E-state index contributed by atoms with van der Waals surface area (Å²) in [5, 5.41) is 18.1. The van der Waals surface area contributed by atoms with Crippen LogP contribution >= 0.6 is 0 Å². The molecular weight excluding hydrogens is 200 g/mol. The molecule has 0 aliphatic rings. The van der Waals surface area contributed by atoms with Gasteiger partial charge in [-0.2, -0.15) is 0 Å². The van der Waals surface area contributed by atoms with Gasteiger partial charge in [0.25, 0.3) is 0 Å². The number of benzene rings is 1. The molecule has 0 aliphatic heterocycles. The second-order valence-corrected chi connectivity index (χ2v) is 3.01. The van der Waals surface area contributed by atoms with Gasteiger partial charge in [-0.15, -0.1) is 0 Å². The van der Waals surface area contributed by atoms with Crippen molar-refractivity contribution < 1.29 is 19.8 Å². The van der Waals surface area contributed by atoms with E-state index in [1.165, 1.54) is 6.92 Å². The van der Waals surface area contributed by atoms with Crippen molar-refractivity contribution in [3.8, 4) is 5.75 Å². The standard InChI is InChI=1S/C9H10N2O4/c1-3(12)6-5(10)2-4(9(14)15)8(13)7(6)11/h2,13H,10-11H2,1H3,(H,14,15). The number of Topliss-reactive ketones (excluding diaryl/α,β-unsaturated/α-hetero) is 1. The van der Waals surface area contributed by atoms with Gasteiger partial charge < -0.3 is 21.7 Å². The minimum Gasteiger partial charge on any atom is -0.505 e. The van der Waals surface area contributed by atoms with Crippen molar-refractivity contribution >= 4 is 23.1 Å². The number of hydrogen-bond acceptors (Lipinski definition) is 5. The molecule has 0 amide bonds. The first-order chi connectivity index (χ1) is 6.86. The summed E-state index contributed by atoms with van der Waals surface area (Å²) in [4.78, 5) is 21.8. The SMILES string of the molecule is CC(=O)c1c(N)cc(C(=O)O)c(O)c1N. The largest absolute Gasteiger partial charge is 0.505 e. The third kappa shape index (κ3) is 1.69. The van der Waals surface area contributed by atoms with E-state index in [0.717, 1.165) is 6.07 Å². The number of aromatic carboxylic acids is 1. The molecule has 0 aromatic heterocycles. The Kier molecular flexibility index (Phi) is 2.52. The number of carbonyl (C=O) groups excluding carboxylic acids is 1. The molecule has 15 heavy (non-hydrogen) atoms. The van der Waals surface area contributed by atoms with Gasteiger partial charge in [-0.1, -0.05) is 0 Å². The number of ketones is 1. The molecule has 80 valence electrons. The number of aromatic hydroxyl groups is 1. The third-order valence-corrected chi connectivity index (χ3v) is 1.95. The van der Waals surface area contributed by atoms with E-state index in [1.54, 1.807) is 0 Å². The fraction of sp³-hybridized carbons (Fsp3) is 0.111. The van der Waals surface area contributed by atoms with Crippen LogP contribution in [0.1, 0.15) is 27.6 Å². The number of phenols is 1. The maximum Gasteiger partial charge on any atom is 0.339 e. The van der Waals surface area contributed by atoms with Crippen LogP contribution in [0.25, 0.3) is 0 Å². The average molecular weight is 210 g/mol. The smallest absolute Gasteiger partial charge is 0.339 e. The van der Waals surface area contributed by atoms with Gasteiger partial charge in [0.2, 0.25) is 0 Å². The van der Waals surface area contributed by atoms with Crippen LogP contribution in [0.15, 0.2) is 6.07 Å². The van der Waals surface area contributed by atoms with Crippen LogP contribution in [-0.2, 0) is 0 Å². The number of hydrogen-bond donors (Lipinski definition) is 4. The lowest BCUT2D eigenvalue weighted by Crippen LogP contribution is -2.09. The Labute approximate surface area is 85.1 Å². The molecule has 6 heteroatoms. The molecule has 0 heterocycles. The van der Waals surface area contributed by atoms with Crippen LogP contribution in [0.2, 0.25) is 0 Å². The second kappa shape index (κ2) is 3.49. The molecule has 6 nitrogen and oxygen atoms in total. The van der Waals surface area contributed by atoms with E-state index in [2.05, 4.69) is 0 Å². The van der Waals surface area contributed by atoms with Crippen LogP contribution in [-0.4, -0.2) is 22.0 Å². The molecule has 0 radical (unpaired) electrons. The molecule has 1 rings (SSSR count). The highest BCUT2D eigenvalue weighted by Gasteiger charge is 2.20. The van der Waals surface area contributed by atoms with Crippen molar-refractivity contribution in [1.82, 2.24) is 0 Å². The molecule has 0 unspecified atom stereocenters. The summed E-state index contributed by atoms with van der Waals surface area (Å²) in [6.45, 7) is 1.22. The van der Waals surface area contributed by atoms with Gasteiger partial charge >= 0.3 is 5.97 Å². The Hall–Kier alpha value is -2.24. The maximum atomic E-state index is 11.1. The first-order valence-corrected chi connectivity index (χ1v) is 4.01. The lowest BCUT2D eigenvalue weighted by atomic mass is 10.0. The quantitative estimate of drug-likeness (QED) is 0.243. The fourth-order valence-electron chi connectivity index (χ4n) is 1.27. The molecule has 1 aromatic carbocycles. The summed E-state index contributed by atoms with van der Waals surface area (Å²) in [5.41, 5.74) is 10.0. The topological polar surface area (TPSA) is 127 Å². The van der Waals surface area contributed by atoms with Crippen LogP contribution in [0, 0.1) is 0 Å². The van der Waals surface area contributed by atoms with Crippen LogP contribution < -0.4 is 11.5 Å². The first-order valence-electron chi connectivity index (χ1n) is 4.01. The summed E-state index contributed by atoms with van der Waals surface area (Å²) in [7, 11) is 0. The minimum atomic E-state index is -1.36. The summed E-state index contributed by atoms with van der Waals surface area (Å²) in [6, 6.07) is 1.00. The monoisotopic (exact) mass is 210 g/mol. The number of carboxylic acids is 1. The van der Waals surface area contributed by atoms with Crippen LogP contribution in [0.5, 0.6) is 5.75 Å². The molecule has 1 aromatic rings. The van der Waals surface area contributed by atoms with E-state index in [-0.39, 0.29) is 16.9 Å². The summed E-state index contributed by atoms with van der Waals surface area (Å²) < 4.78 is 0. The van der Waals surface area contributed by atoms with Crippen molar-refractivity contribution in [3.63, 3.8) is 0 Å². The Morgan fingerprint density at radius 1 is 1.33 bits per heavy atom. The number of nitrogens with two attached hydrogens (primary N) is 2. The van der Waals surface area contributed by atoms with Gasteiger partial charge in [0, 0.05) is 5.69 Å². The molecule has 0 atom stereocenters. The minimum absolute atomic E-state index is 0.0579. The summed E-state index contributed by atoms with van der Waals surface area (Å²) >= 11 is 0. The Bertz CT molecular complexity index is 454. The van der Waals surface area contributed by atoms with Crippen molar-refractivity contribution in [3.05, 3.63) is 17.2 Å². The maximum absolute atomic E-state index is 11.1.